The molecule has 1 N–H and O–H groups in total. The lowest BCUT2D eigenvalue weighted by atomic mass is 10.0. The molecule has 0 aliphatic heterocycles. The van der Waals surface area contributed by atoms with E-state index in [0.717, 1.165) is 9.13 Å². The van der Waals surface area contributed by atoms with E-state index in [9.17, 15) is 14.7 Å². The van der Waals surface area contributed by atoms with E-state index >= 15 is 0 Å². The van der Waals surface area contributed by atoms with Gasteiger partial charge in [-0.1, -0.05) is 62.4 Å². The summed E-state index contributed by atoms with van der Waals surface area (Å²) in [4.78, 5) is 30.9. The van der Waals surface area contributed by atoms with Gasteiger partial charge in [0, 0.05) is 6.21 Å². The van der Waals surface area contributed by atoms with Gasteiger partial charge in [-0.15, -0.1) is 0 Å². The molecule has 0 fully saturated rings. The Morgan fingerprint density at radius 2 is 1.31 bits per heavy atom. The van der Waals surface area contributed by atoms with Gasteiger partial charge in [-0.3, -0.25) is 9.79 Å². The predicted octanol–water partition coefficient (Wildman–Crippen LogP) is 4.57. The zero-order valence-electron chi connectivity index (χ0n) is 17.8. The van der Waals surface area contributed by atoms with Crippen molar-refractivity contribution in [2.75, 3.05) is 0 Å². The van der Waals surface area contributed by atoms with E-state index in [1.807, 2.05) is 30.3 Å². The SMILES string of the molecule is CC(C)c1ccc(N=Cc2c(O)n(-c3ccccc3)c(=O)n(-c3ccccc3)c2=O)cc1. The third-order valence-electron chi connectivity index (χ3n) is 5.20. The second-order valence-electron chi connectivity index (χ2n) is 7.67. The van der Waals surface area contributed by atoms with Crippen molar-refractivity contribution in [2.45, 2.75) is 19.8 Å². The maximum Gasteiger partial charge on any atom is 0.343 e. The molecule has 6 nitrogen and oxygen atoms in total. The second-order valence-corrected chi connectivity index (χ2v) is 7.67. The first kappa shape index (κ1) is 21.1. The minimum Gasteiger partial charge on any atom is -0.493 e. The van der Waals surface area contributed by atoms with Gasteiger partial charge >= 0.3 is 5.69 Å². The van der Waals surface area contributed by atoms with E-state index in [1.54, 1.807) is 54.6 Å². The molecule has 1 aromatic heterocycles. The largest absolute Gasteiger partial charge is 0.493 e. The maximum absolute atomic E-state index is 13.3. The molecule has 0 aliphatic rings. The normalized spacial score (nSPS) is 11.3. The molecule has 3 aromatic carbocycles. The number of nitrogens with zero attached hydrogens (tertiary/aromatic N) is 3. The predicted molar refractivity (Wildman–Crippen MR) is 127 cm³/mol. The molecule has 4 rings (SSSR count). The van der Waals surface area contributed by atoms with Gasteiger partial charge in [-0.05, 0) is 47.9 Å². The second kappa shape index (κ2) is 8.89. The zero-order valence-corrected chi connectivity index (χ0v) is 17.8. The molecule has 0 saturated carbocycles. The van der Waals surface area contributed by atoms with Crippen LogP contribution in [0.25, 0.3) is 11.4 Å². The zero-order chi connectivity index (χ0) is 22.7. The van der Waals surface area contributed by atoms with Crippen LogP contribution in [0.3, 0.4) is 0 Å². The number of para-hydroxylation sites is 2. The number of hydrogen-bond acceptors (Lipinski definition) is 4. The van der Waals surface area contributed by atoms with Crippen LogP contribution >= 0.6 is 0 Å². The Morgan fingerprint density at radius 1 is 0.781 bits per heavy atom. The monoisotopic (exact) mass is 425 g/mol. The molecule has 0 radical (unpaired) electrons. The molecular formula is C26H23N3O3. The summed E-state index contributed by atoms with van der Waals surface area (Å²) in [5.74, 6) is -0.0643. The van der Waals surface area contributed by atoms with E-state index < -0.39 is 17.1 Å². The van der Waals surface area contributed by atoms with E-state index in [0.29, 0.717) is 23.0 Å². The summed E-state index contributed by atoms with van der Waals surface area (Å²) in [6.45, 7) is 4.21. The molecule has 0 saturated heterocycles. The molecule has 0 spiro atoms. The fraction of sp³-hybridized carbons (Fsp3) is 0.115. The highest BCUT2D eigenvalue weighted by Crippen LogP contribution is 2.20. The highest BCUT2D eigenvalue weighted by Gasteiger charge is 2.19. The van der Waals surface area contributed by atoms with Crippen LogP contribution in [0.15, 0.2) is 99.5 Å². The van der Waals surface area contributed by atoms with Crippen LogP contribution < -0.4 is 11.2 Å². The average molecular weight is 425 g/mol. The van der Waals surface area contributed by atoms with Crippen LogP contribution in [0.2, 0.25) is 0 Å². The molecule has 0 unspecified atom stereocenters. The van der Waals surface area contributed by atoms with Crippen molar-refractivity contribution in [3.05, 3.63) is 117 Å². The quantitative estimate of drug-likeness (QED) is 0.476. The van der Waals surface area contributed by atoms with Crippen LogP contribution in [-0.4, -0.2) is 20.5 Å². The molecule has 0 amide bonds. The van der Waals surface area contributed by atoms with Gasteiger partial charge in [-0.25, -0.2) is 13.9 Å². The van der Waals surface area contributed by atoms with Gasteiger partial charge < -0.3 is 5.11 Å². The van der Waals surface area contributed by atoms with E-state index in [4.69, 9.17) is 0 Å². The Balaban J connectivity index is 1.92. The van der Waals surface area contributed by atoms with E-state index in [1.165, 1.54) is 11.8 Å². The number of aromatic nitrogens is 2. The standard InChI is InChI=1S/C26H23N3O3/c1-18(2)19-13-15-20(16-14-19)27-17-23-24(30)28(21-9-5-3-6-10-21)26(32)29(25(23)31)22-11-7-4-8-12-22/h3-18,30H,1-2H3. The Hall–Kier alpha value is -4.19. The first-order valence-corrected chi connectivity index (χ1v) is 10.3. The molecule has 0 atom stereocenters. The summed E-state index contributed by atoms with van der Waals surface area (Å²) in [7, 11) is 0. The smallest absolute Gasteiger partial charge is 0.343 e. The topological polar surface area (TPSA) is 76.6 Å². The number of aromatic hydroxyl groups is 1. The van der Waals surface area contributed by atoms with Gasteiger partial charge in [0.1, 0.15) is 5.56 Å². The highest BCUT2D eigenvalue weighted by molar-refractivity contribution is 5.84. The van der Waals surface area contributed by atoms with Crippen molar-refractivity contribution in [3.63, 3.8) is 0 Å². The Labute approximate surface area is 185 Å². The molecule has 0 aliphatic carbocycles. The van der Waals surface area contributed by atoms with Crippen LogP contribution in [0.4, 0.5) is 5.69 Å². The van der Waals surface area contributed by atoms with Gasteiger partial charge in [0.25, 0.3) is 5.56 Å². The summed E-state index contributed by atoms with van der Waals surface area (Å²) in [5.41, 5.74) is 1.27. The van der Waals surface area contributed by atoms with E-state index in [2.05, 4.69) is 18.8 Å². The van der Waals surface area contributed by atoms with Gasteiger partial charge in [0.05, 0.1) is 17.1 Å². The minimum absolute atomic E-state index is 0.0785. The highest BCUT2D eigenvalue weighted by atomic mass is 16.3. The fourth-order valence-electron chi connectivity index (χ4n) is 3.43. The first-order valence-electron chi connectivity index (χ1n) is 10.3. The molecule has 32 heavy (non-hydrogen) atoms. The van der Waals surface area contributed by atoms with Crippen LogP contribution in [0.5, 0.6) is 5.88 Å². The van der Waals surface area contributed by atoms with Crippen molar-refractivity contribution in [2.24, 2.45) is 4.99 Å². The Morgan fingerprint density at radius 3 is 1.84 bits per heavy atom. The summed E-state index contributed by atoms with van der Waals surface area (Å²) >= 11 is 0. The molecular weight excluding hydrogens is 402 g/mol. The van der Waals surface area contributed by atoms with E-state index in [-0.39, 0.29) is 5.56 Å². The maximum atomic E-state index is 13.3. The van der Waals surface area contributed by atoms with Crippen LogP contribution in [0, 0.1) is 0 Å². The number of benzene rings is 3. The van der Waals surface area contributed by atoms with Crippen molar-refractivity contribution in [1.82, 2.24) is 9.13 Å². The molecule has 6 heteroatoms. The molecule has 1 heterocycles. The minimum atomic E-state index is -0.664. The summed E-state index contributed by atoms with van der Waals surface area (Å²) in [6.07, 6.45) is 1.31. The molecule has 0 bridgehead atoms. The summed E-state index contributed by atoms with van der Waals surface area (Å²) in [6, 6.07) is 25.0. The molecule has 4 aromatic rings. The van der Waals surface area contributed by atoms with Crippen molar-refractivity contribution >= 4 is 11.9 Å². The fourth-order valence-corrected chi connectivity index (χ4v) is 3.43. The van der Waals surface area contributed by atoms with Crippen molar-refractivity contribution in [1.29, 1.82) is 0 Å². The van der Waals surface area contributed by atoms with Gasteiger partial charge in [-0.2, -0.15) is 0 Å². The van der Waals surface area contributed by atoms with Crippen molar-refractivity contribution in [3.8, 4) is 17.3 Å². The lowest BCUT2D eigenvalue weighted by Gasteiger charge is -2.14. The van der Waals surface area contributed by atoms with Crippen molar-refractivity contribution < 1.29 is 5.11 Å². The van der Waals surface area contributed by atoms with Crippen LogP contribution in [-0.2, 0) is 0 Å². The lowest BCUT2D eigenvalue weighted by molar-refractivity contribution is 0.427. The third kappa shape index (κ3) is 4.03. The van der Waals surface area contributed by atoms with Gasteiger partial charge in [0.15, 0.2) is 0 Å². The first-order chi connectivity index (χ1) is 15.5. The number of aliphatic imine (C=N–C) groups is 1. The molecule has 160 valence electrons. The lowest BCUT2D eigenvalue weighted by Crippen LogP contribution is -2.40. The third-order valence-corrected chi connectivity index (χ3v) is 5.20. The number of rotatable bonds is 5. The number of hydrogen-bond donors (Lipinski definition) is 1. The Bertz CT molecular complexity index is 1370. The Kier molecular flexibility index (Phi) is 5.85. The summed E-state index contributed by atoms with van der Waals surface area (Å²) < 4.78 is 2.15. The summed E-state index contributed by atoms with van der Waals surface area (Å²) in [5, 5.41) is 10.9. The van der Waals surface area contributed by atoms with Crippen LogP contribution in [0.1, 0.15) is 30.9 Å². The van der Waals surface area contributed by atoms with Gasteiger partial charge in [0.2, 0.25) is 5.88 Å². The average Bonchev–Trinajstić information content (AvgIpc) is 2.80.